The van der Waals surface area contributed by atoms with E-state index in [0.717, 1.165) is 24.0 Å². The van der Waals surface area contributed by atoms with E-state index in [9.17, 15) is 0 Å². The van der Waals surface area contributed by atoms with Crippen molar-refractivity contribution in [2.24, 2.45) is 0 Å². The predicted molar refractivity (Wildman–Crippen MR) is 83.8 cm³/mol. The molecule has 0 saturated carbocycles. The maximum absolute atomic E-state index is 9.17. The molecule has 1 aliphatic rings. The van der Waals surface area contributed by atoms with E-state index in [0.29, 0.717) is 6.04 Å². The molecule has 3 nitrogen and oxygen atoms in total. The Hall–Kier alpha value is -0.580. The fraction of sp³-hybridized carbons (Fsp3) is 0.600. The van der Waals surface area contributed by atoms with Crippen LogP contribution in [0, 0.1) is 6.92 Å². The van der Waals surface area contributed by atoms with Gasteiger partial charge in [0.25, 0.3) is 0 Å². The second-order valence-electron chi connectivity index (χ2n) is 6.07. The first kappa shape index (κ1) is 14.8. The number of hydrogen-bond acceptors (Lipinski definition) is 3. The minimum absolute atomic E-state index is 0.0579. The fourth-order valence-corrected chi connectivity index (χ4v) is 3.57. The number of rotatable bonds is 3. The summed E-state index contributed by atoms with van der Waals surface area (Å²) >= 11 is 3.67. The van der Waals surface area contributed by atoms with E-state index >= 15 is 0 Å². The molecule has 106 valence electrons. The van der Waals surface area contributed by atoms with Crippen molar-refractivity contribution < 1.29 is 5.11 Å². The Labute approximate surface area is 124 Å². The van der Waals surface area contributed by atoms with Gasteiger partial charge in [0, 0.05) is 35.7 Å². The van der Waals surface area contributed by atoms with Crippen LogP contribution >= 0.6 is 15.9 Å². The van der Waals surface area contributed by atoms with Gasteiger partial charge < -0.3 is 15.3 Å². The Morgan fingerprint density at radius 1 is 1.47 bits per heavy atom. The third-order valence-electron chi connectivity index (χ3n) is 3.54. The van der Waals surface area contributed by atoms with E-state index in [2.05, 4.69) is 65.1 Å². The van der Waals surface area contributed by atoms with Gasteiger partial charge in [0.15, 0.2) is 0 Å². The van der Waals surface area contributed by atoms with Gasteiger partial charge in [-0.05, 0) is 60.8 Å². The van der Waals surface area contributed by atoms with Gasteiger partial charge in [-0.1, -0.05) is 6.07 Å². The molecular weight excluding hydrogens is 304 g/mol. The lowest BCUT2D eigenvalue weighted by molar-refractivity contribution is 0.224. The Kier molecular flexibility index (Phi) is 4.54. The van der Waals surface area contributed by atoms with Gasteiger partial charge in [-0.3, -0.25) is 0 Å². The SMILES string of the molecule is Cc1ccc(N2CC(CCO)NC(C)(C)C2)c(Br)c1. The summed E-state index contributed by atoms with van der Waals surface area (Å²) in [6.45, 7) is 8.67. The van der Waals surface area contributed by atoms with Crippen molar-refractivity contribution in [3.8, 4) is 0 Å². The van der Waals surface area contributed by atoms with Gasteiger partial charge in [-0.25, -0.2) is 0 Å². The van der Waals surface area contributed by atoms with Crippen LogP contribution in [0.5, 0.6) is 0 Å². The van der Waals surface area contributed by atoms with Crippen molar-refractivity contribution in [3.05, 3.63) is 28.2 Å². The van der Waals surface area contributed by atoms with Gasteiger partial charge in [0.1, 0.15) is 0 Å². The van der Waals surface area contributed by atoms with E-state index < -0.39 is 0 Å². The molecule has 1 aromatic carbocycles. The van der Waals surface area contributed by atoms with Gasteiger partial charge >= 0.3 is 0 Å². The molecule has 1 aromatic rings. The normalized spacial score (nSPS) is 22.6. The zero-order chi connectivity index (χ0) is 14.0. The average molecular weight is 327 g/mol. The smallest absolute Gasteiger partial charge is 0.0512 e. The molecular formula is C15H23BrN2O. The molecule has 1 fully saturated rings. The molecule has 1 atom stereocenters. The average Bonchev–Trinajstić information content (AvgIpc) is 2.26. The van der Waals surface area contributed by atoms with Crippen molar-refractivity contribution in [1.82, 2.24) is 5.32 Å². The summed E-state index contributed by atoms with van der Waals surface area (Å²) in [5, 5.41) is 12.8. The number of piperazine rings is 1. The van der Waals surface area contributed by atoms with Crippen LogP contribution in [0.3, 0.4) is 0 Å². The van der Waals surface area contributed by atoms with E-state index in [1.807, 2.05) is 0 Å². The highest BCUT2D eigenvalue weighted by Crippen LogP contribution is 2.30. The molecule has 1 unspecified atom stereocenters. The number of aliphatic hydroxyl groups excluding tert-OH is 1. The zero-order valence-corrected chi connectivity index (χ0v) is 13.5. The molecule has 1 aliphatic heterocycles. The van der Waals surface area contributed by atoms with E-state index in [1.54, 1.807) is 0 Å². The molecule has 2 rings (SSSR count). The lowest BCUT2D eigenvalue weighted by Gasteiger charge is -2.45. The molecule has 2 N–H and O–H groups in total. The van der Waals surface area contributed by atoms with Gasteiger partial charge in [0.2, 0.25) is 0 Å². The number of nitrogens with zero attached hydrogens (tertiary/aromatic N) is 1. The van der Waals surface area contributed by atoms with Gasteiger partial charge in [-0.2, -0.15) is 0 Å². The number of hydrogen-bond donors (Lipinski definition) is 2. The van der Waals surface area contributed by atoms with Crippen molar-refractivity contribution in [3.63, 3.8) is 0 Å². The standard InChI is InChI=1S/C15H23BrN2O/c1-11-4-5-14(13(16)8-11)18-9-12(6-7-19)17-15(2,3)10-18/h4-5,8,12,17,19H,6-7,9-10H2,1-3H3. The first-order valence-electron chi connectivity index (χ1n) is 6.81. The molecule has 1 heterocycles. The van der Waals surface area contributed by atoms with Crippen LogP contribution in [0.25, 0.3) is 0 Å². The third kappa shape index (κ3) is 3.71. The summed E-state index contributed by atoms with van der Waals surface area (Å²) in [5.41, 5.74) is 2.56. The molecule has 0 bridgehead atoms. The molecule has 4 heteroatoms. The Bertz CT molecular complexity index is 448. The molecule has 1 saturated heterocycles. The highest BCUT2D eigenvalue weighted by molar-refractivity contribution is 9.10. The van der Waals surface area contributed by atoms with Gasteiger partial charge in [0.05, 0.1) is 5.69 Å². The molecule has 19 heavy (non-hydrogen) atoms. The van der Waals surface area contributed by atoms with Crippen LogP contribution in [0.4, 0.5) is 5.69 Å². The van der Waals surface area contributed by atoms with Crippen LogP contribution in [0.1, 0.15) is 25.8 Å². The monoisotopic (exact) mass is 326 g/mol. The first-order chi connectivity index (χ1) is 8.91. The molecule has 0 aliphatic carbocycles. The third-order valence-corrected chi connectivity index (χ3v) is 4.18. The number of anilines is 1. The summed E-state index contributed by atoms with van der Waals surface area (Å²) in [6, 6.07) is 6.82. The summed E-state index contributed by atoms with van der Waals surface area (Å²) in [5.74, 6) is 0. The summed E-state index contributed by atoms with van der Waals surface area (Å²) < 4.78 is 1.15. The zero-order valence-electron chi connectivity index (χ0n) is 11.9. The maximum Gasteiger partial charge on any atom is 0.0512 e. The molecule has 0 aromatic heterocycles. The summed E-state index contributed by atoms with van der Waals surface area (Å²) in [7, 11) is 0. The first-order valence-corrected chi connectivity index (χ1v) is 7.60. The number of aryl methyl sites for hydroxylation is 1. The highest BCUT2D eigenvalue weighted by Gasteiger charge is 2.32. The van der Waals surface area contributed by atoms with Crippen molar-refractivity contribution >= 4 is 21.6 Å². The summed E-state index contributed by atoms with van der Waals surface area (Å²) in [4.78, 5) is 2.40. The van der Waals surface area contributed by atoms with Crippen molar-refractivity contribution in [1.29, 1.82) is 0 Å². The van der Waals surface area contributed by atoms with E-state index in [4.69, 9.17) is 5.11 Å². The quantitative estimate of drug-likeness (QED) is 0.896. The largest absolute Gasteiger partial charge is 0.396 e. The molecule has 0 radical (unpaired) electrons. The number of halogens is 1. The van der Waals surface area contributed by atoms with Gasteiger partial charge in [-0.15, -0.1) is 0 Å². The lowest BCUT2D eigenvalue weighted by Crippen LogP contribution is -2.62. The van der Waals surface area contributed by atoms with E-state index in [1.165, 1.54) is 11.3 Å². The molecule has 0 amide bonds. The van der Waals surface area contributed by atoms with Crippen LogP contribution < -0.4 is 10.2 Å². The second kappa shape index (κ2) is 5.81. The Morgan fingerprint density at radius 3 is 2.84 bits per heavy atom. The minimum atomic E-state index is 0.0579. The maximum atomic E-state index is 9.17. The highest BCUT2D eigenvalue weighted by atomic mass is 79.9. The Morgan fingerprint density at radius 2 is 2.21 bits per heavy atom. The Balaban J connectivity index is 2.22. The fourth-order valence-electron chi connectivity index (χ4n) is 2.82. The number of nitrogens with one attached hydrogen (secondary N) is 1. The van der Waals surface area contributed by atoms with Crippen LogP contribution in [-0.2, 0) is 0 Å². The topological polar surface area (TPSA) is 35.5 Å². The number of aliphatic hydroxyl groups is 1. The lowest BCUT2D eigenvalue weighted by atomic mass is 9.96. The van der Waals surface area contributed by atoms with E-state index in [-0.39, 0.29) is 12.1 Å². The van der Waals surface area contributed by atoms with Crippen LogP contribution in [-0.4, -0.2) is 36.4 Å². The second-order valence-corrected chi connectivity index (χ2v) is 6.93. The number of benzene rings is 1. The van der Waals surface area contributed by atoms with Crippen LogP contribution in [0.15, 0.2) is 22.7 Å². The minimum Gasteiger partial charge on any atom is -0.396 e. The van der Waals surface area contributed by atoms with Crippen molar-refractivity contribution in [2.75, 3.05) is 24.6 Å². The summed E-state index contributed by atoms with van der Waals surface area (Å²) in [6.07, 6.45) is 0.795. The van der Waals surface area contributed by atoms with Crippen LogP contribution in [0.2, 0.25) is 0 Å². The molecule has 0 spiro atoms. The van der Waals surface area contributed by atoms with Crippen molar-refractivity contribution in [2.45, 2.75) is 38.8 Å². The predicted octanol–water partition coefficient (Wildman–Crippen LogP) is 2.70.